The number of cyclic esters (lactones) is 1. The number of ether oxygens (including phenoxy) is 1. The minimum atomic E-state index is -0.914. The Kier molecular flexibility index (Phi) is 5.92. The second-order valence-electron chi connectivity index (χ2n) is 10.3. The van der Waals surface area contributed by atoms with Crippen LogP contribution < -0.4 is 4.90 Å². The van der Waals surface area contributed by atoms with Gasteiger partial charge in [-0.15, -0.1) is 11.8 Å². The van der Waals surface area contributed by atoms with Gasteiger partial charge in [0.2, 0.25) is 5.91 Å². The summed E-state index contributed by atoms with van der Waals surface area (Å²) in [6.07, 6.45) is 8.98. The molecule has 0 bridgehead atoms. The van der Waals surface area contributed by atoms with Gasteiger partial charge in [0.05, 0.1) is 23.2 Å². The highest BCUT2D eigenvalue weighted by atomic mass is 32.2. The molecular weight excluding hydrogens is 488 g/mol. The summed E-state index contributed by atoms with van der Waals surface area (Å²) in [6, 6.07) is 13.2. The van der Waals surface area contributed by atoms with Crippen LogP contribution in [0.2, 0.25) is 0 Å². The molecule has 2 aromatic carbocycles. The number of likely N-dealkylation sites (tertiary alicyclic amines) is 1. The van der Waals surface area contributed by atoms with E-state index in [2.05, 4.69) is 0 Å². The summed E-state index contributed by atoms with van der Waals surface area (Å²) < 4.78 is 3.97. The largest absolute Gasteiger partial charge is 0.465 e. The number of aliphatic hydroxyl groups is 1. The summed E-state index contributed by atoms with van der Waals surface area (Å²) >= 11 is 1.54. The van der Waals surface area contributed by atoms with Crippen molar-refractivity contribution in [1.82, 2.24) is 4.90 Å². The van der Waals surface area contributed by atoms with Crippen molar-refractivity contribution in [3.8, 4) is 0 Å². The first kappa shape index (κ1) is 24.2. The Morgan fingerprint density at radius 2 is 1.84 bits per heavy atom. The minimum Gasteiger partial charge on any atom is -0.465 e. The van der Waals surface area contributed by atoms with Gasteiger partial charge in [-0.1, -0.05) is 54.6 Å². The molecule has 0 saturated carbocycles. The molecule has 5 atom stereocenters. The number of rotatable bonds is 4. The summed E-state index contributed by atoms with van der Waals surface area (Å²) in [5.41, 5.74) is 0.767. The smallest absolute Gasteiger partial charge is 0.311 e. The van der Waals surface area contributed by atoms with E-state index in [0.717, 1.165) is 16.5 Å². The quantitative estimate of drug-likeness (QED) is 0.494. The molecule has 37 heavy (non-hydrogen) atoms. The van der Waals surface area contributed by atoms with Gasteiger partial charge in [0.15, 0.2) is 0 Å². The molecule has 1 spiro atoms. The summed E-state index contributed by atoms with van der Waals surface area (Å²) in [4.78, 5) is 45.2. The van der Waals surface area contributed by atoms with Gasteiger partial charge in [0.1, 0.15) is 6.04 Å². The molecule has 2 amide bonds. The van der Waals surface area contributed by atoms with Crippen LogP contribution in [0.25, 0.3) is 10.8 Å². The van der Waals surface area contributed by atoms with Crippen LogP contribution in [-0.2, 0) is 19.1 Å². The highest BCUT2D eigenvalue weighted by Crippen LogP contribution is 2.65. The van der Waals surface area contributed by atoms with Gasteiger partial charge in [0.25, 0.3) is 5.91 Å². The van der Waals surface area contributed by atoms with Crippen LogP contribution in [0.5, 0.6) is 0 Å². The normalized spacial score (nSPS) is 33.0. The zero-order valence-corrected chi connectivity index (χ0v) is 21.5. The molecule has 2 aromatic rings. The summed E-state index contributed by atoms with van der Waals surface area (Å²) in [5.74, 6) is -2.19. The average molecular weight is 519 g/mol. The van der Waals surface area contributed by atoms with Crippen molar-refractivity contribution in [1.29, 1.82) is 0 Å². The van der Waals surface area contributed by atoms with Gasteiger partial charge < -0.3 is 19.6 Å². The predicted octanol–water partition coefficient (Wildman–Crippen LogP) is 3.32. The predicted molar refractivity (Wildman–Crippen MR) is 143 cm³/mol. The molecule has 1 unspecified atom stereocenters. The van der Waals surface area contributed by atoms with E-state index < -0.39 is 27.4 Å². The fourth-order valence-corrected chi connectivity index (χ4v) is 8.70. The molecule has 0 radical (unpaired) electrons. The number of thioether (sulfide) groups is 1. The van der Waals surface area contributed by atoms with Crippen molar-refractivity contribution in [3.63, 3.8) is 0 Å². The van der Waals surface area contributed by atoms with E-state index in [-0.39, 0.29) is 37.5 Å². The molecule has 192 valence electrons. The summed E-state index contributed by atoms with van der Waals surface area (Å²) in [5, 5.41) is 11.7. The van der Waals surface area contributed by atoms with Crippen LogP contribution in [0, 0.1) is 11.8 Å². The molecule has 6 rings (SSSR count). The molecule has 7 nitrogen and oxygen atoms in total. The number of amides is 2. The Labute approximate surface area is 220 Å². The highest BCUT2D eigenvalue weighted by Gasteiger charge is 2.73. The third-order valence-corrected chi connectivity index (χ3v) is 9.92. The molecule has 1 N–H and O–H groups in total. The third-order valence-electron chi connectivity index (χ3n) is 8.12. The lowest BCUT2D eigenvalue weighted by Crippen LogP contribution is -2.53. The lowest BCUT2D eigenvalue weighted by Gasteiger charge is -2.37. The number of hydrogen-bond donors (Lipinski definition) is 1. The fraction of sp³-hybridized carbons (Fsp3) is 0.414. The maximum atomic E-state index is 14.4. The Hall–Kier alpha value is -3.10. The van der Waals surface area contributed by atoms with Crippen LogP contribution in [0.4, 0.5) is 5.69 Å². The number of anilines is 1. The van der Waals surface area contributed by atoms with Crippen LogP contribution in [0.1, 0.15) is 19.8 Å². The van der Waals surface area contributed by atoms with E-state index in [1.807, 2.05) is 73.7 Å². The standard InChI is InChI=1S/C29H30N2O5S/c1-28-12-4-5-17-36-27(35)23(28)22-25(33)31(15-7-16-32)24-26(34)30(14-6-13-29(22,24)37-28)21-11-10-19-8-2-3-9-20(19)18-21/h2-4,6,8-13,18,22-24,32H,5,7,14-17H2,1H3/t22-,23+,24?,28-,29-/m0/s1. The van der Waals surface area contributed by atoms with E-state index in [1.165, 1.54) is 11.8 Å². The molecule has 4 aliphatic rings. The maximum Gasteiger partial charge on any atom is 0.311 e. The summed E-state index contributed by atoms with van der Waals surface area (Å²) in [6.45, 7) is 2.78. The number of fused-ring (bicyclic) bond motifs is 3. The van der Waals surface area contributed by atoms with E-state index >= 15 is 0 Å². The second-order valence-corrected chi connectivity index (χ2v) is 12.1. The van der Waals surface area contributed by atoms with Gasteiger partial charge in [-0.3, -0.25) is 14.4 Å². The highest BCUT2D eigenvalue weighted by molar-refractivity contribution is 8.02. The maximum absolute atomic E-state index is 14.4. The molecule has 0 aliphatic carbocycles. The van der Waals surface area contributed by atoms with Crippen molar-refractivity contribution in [2.24, 2.45) is 11.8 Å². The third kappa shape index (κ3) is 3.64. The number of carbonyl (C=O) groups is 3. The number of aliphatic hydroxyl groups excluding tert-OH is 1. The molecule has 2 saturated heterocycles. The monoisotopic (exact) mass is 518 g/mol. The molecule has 8 heteroatoms. The van der Waals surface area contributed by atoms with Crippen molar-refractivity contribution in [3.05, 3.63) is 66.8 Å². The van der Waals surface area contributed by atoms with E-state index in [1.54, 1.807) is 9.80 Å². The van der Waals surface area contributed by atoms with Gasteiger partial charge in [-0.2, -0.15) is 0 Å². The Bertz CT molecular complexity index is 1340. The van der Waals surface area contributed by atoms with Crippen molar-refractivity contribution in [2.75, 3.05) is 31.2 Å². The van der Waals surface area contributed by atoms with Gasteiger partial charge in [-0.25, -0.2) is 0 Å². The lowest BCUT2D eigenvalue weighted by molar-refractivity contribution is -0.154. The van der Waals surface area contributed by atoms with Crippen LogP contribution in [-0.4, -0.2) is 69.6 Å². The second kappa shape index (κ2) is 9.03. The van der Waals surface area contributed by atoms with E-state index in [4.69, 9.17) is 4.74 Å². The molecule has 4 heterocycles. The molecule has 2 fully saturated rings. The number of esters is 1. The Balaban J connectivity index is 1.47. The zero-order valence-electron chi connectivity index (χ0n) is 20.7. The van der Waals surface area contributed by atoms with Crippen molar-refractivity contribution >= 4 is 46.0 Å². The van der Waals surface area contributed by atoms with Gasteiger partial charge in [0, 0.05) is 30.1 Å². The number of nitrogens with zero attached hydrogens (tertiary/aromatic N) is 2. The first-order chi connectivity index (χ1) is 17.9. The molecule has 0 aromatic heterocycles. The van der Waals surface area contributed by atoms with Crippen LogP contribution >= 0.6 is 11.8 Å². The molecule has 4 aliphatic heterocycles. The number of hydrogen-bond acceptors (Lipinski definition) is 6. The SMILES string of the molecule is C[C@]12C=CCCOC(=O)[C@H]1[C@H]1C(=O)N(CCCO)C3C(=O)N(c4ccc5ccccc5c4)CC=C[C@@]31S2. The number of benzene rings is 2. The fourth-order valence-electron chi connectivity index (χ4n) is 6.55. The van der Waals surface area contributed by atoms with Gasteiger partial charge >= 0.3 is 5.97 Å². The zero-order chi connectivity index (χ0) is 25.8. The minimum absolute atomic E-state index is 0.0916. The van der Waals surface area contributed by atoms with Crippen molar-refractivity contribution in [2.45, 2.75) is 35.3 Å². The Morgan fingerprint density at radius 3 is 2.65 bits per heavy atom. The van der Waals surface area contributed by atoms with Crippen LogP contribution in [0.15, 0.2) is 66.8 Å². The van der Waals surface area contributed by atoms with E-state index in [0.29, 0.717) is 19.4 Å². The summed E-state index contributed by atoms with van der Waals surface area (Å²) in [7, 11) is 0. The van der Waals surface area contributed by atoms with E-state index in [9.17, 15) is 19.5 Å². The van der Waals surface area contributed by atoms with Crippen LogP contribution in [0.3, 0.4) is 0 Å². The first-order valence-electron chi connectivity index (χ1n) is 12.8. The van der Waals surface area contributed by atoms with Gasteiger partial charge in [-0.05, 0) is 42.7 Å². The lowest BCUT2D eigenvalue weighted by atomic mass is 9.74. The average Bonchev–Trinajstić information content (AvgIpc) is 3.20. The topological polar surface area (TPSA) is 87.1 Å². The number of carbonyl (C=O) groups excluding carboxylic acids is 3. The first-order valence-corrected chi connectivity index (χ1v) is 13.6. The van der Waals surface area contributed by atoms with Crippen molar-refractivity contribution < 1.29 is 24.2 Å². The molecular formula is C29H30N2O5S. The Morgan fingerprint density at radius 1 is 1.03 bits per heavy atom.